The zero-order valence-electron chi connectivity index (χ0n) is 26.5. The molecule has 2 aromatic carbocycles. The average molecular weight is 708 g/mol. The van der Waals surface area contributed by atoms with Gasteiger partial charge in [0.25, 0.3) is 0 Å². The highest BCUT2D eigenvalue weighted by Crippen LogP contribution is 2.49. The molecule has 0 radical (unpaired) electrons. The number of ether oxygens (including phenoxy) is 1. The summed E-state index contributed by atoms with van der Waals surface area (Å²) in [4.78, 5) is 12.4. The van der Waals surface area contributed by atoms with E-state index in [1.54, 1.807) is 18.9 Å². The van der Waals surface area contributed by atoms with Crippen molar-refractivity contribution in [2.45, 2.75) is 50.9 Å². The molecule has 8 nitrogen and oxygen atoms in total. The molecule has 3 fully saturated rings. The zero-order valence-corrected chi connectivity index (χ0v) is 27.3. The second-order valence-electron chi connectivity index (χ2n) is 13.5. The maximum Gasteiger partial charge on any atom is 0.417 e. The SMILES string of the molecule is CN1CC[C@H](C(F)F)[C@](C)(COc2nc(N3C[C@H]4CC[C@@H](C3)N4)c3cc(C(F)(F)F)c(-c4c(F)ccc5sc(N)c(C#N)c45)c(F)c3n2)C1. The van der Waals surface area contributed by atoms with Gasteiger partial charge in [0.05, 0.1) is 17.7 Å². The molecule has 49 heavy (non-hydrogen) atoms. The minimum absolute atomic E-state index is 0.0122. The summed E-state index contributed by atoms with van der Waals surface area (Å²) in [6.07, 6.45) is -5.93. The fraction of sp³-hybridized carbons (Fsp3) is 0.485. The highest BCUT2D eigenvalue weighted by molar-refractivity contribution is 7.23. The predicted octanol–water partition coefficient (Wildman–Crippen LogP) is 6.80. The van der Waals surface area contributed by atoms with Gasteiger partial charge in [-0.05, 0) is 51.1 Å². The smallest absolute Gasteiger partial charge is 0.417 e. The molecule has 4 atom stereocenters. The maximum atomic E-state index is 17.0. The Hall–Kier alpha value is -3.94. The first-order valence-corrected chi connectivity index (χ1v) is 16.6. The summed E-state index contributed by atoms with van der Waals surface area (Å²) in [5, 5.41) is 12.7. The van der Waals surface area contributed by atoms with Crippen LogP contribution in [0.2, 0.25) is 0 Å². The van der Waals surface area contributed by atoms with Gasteiger partial charge in [0.1, 0.15) is 28.2 Å². The van der Waals surface area contributed by atoms with E-state index in [1.165, 1.54) is 6.07 Å². The molecule has 2 bridgehead atoms. The number of nitrogens with two attached hydrogens (primary N) is 1. The van der Waals surface area contributed by atoms with Crippen molar-refractivity contribution >= 4 is 43.1 Å². The van der Waals surface area contributed by atoms with Crippen LogP contribution in [0.5, 0.6) is 6.01 Å². The number of nitrogen functional groups attached to an aromatic ring is 1. The molecule has 16 heteroatoms. The van der Waals surface area contributed by atoms with Gasteiger partial charge in [-0.25, -0.2) is 17.6 Å². The molecule has 7 rings (SSSR count). The van der Waals surface area contributed by atoms with Crippen molar-refractivity contribution in [3.63, 3.8) is 0 Å². The number of halogens is 7. The van der Waals surface area contributed by atoms with Gasteiger partial charge in [-0.2, -0.15) is 28.4 Å². The summed E-state index contributed by atoms with van der Waals surface area (Å²) in [5.41, 5.74) is 0.692. The molecule has 0 spiro atoms. The molecule has 5 heterocycles. The third-order valence-corrected chi connectivity index (χ3v) is 11.1. The van der Waals surface area contributed by atoms with E-state index in [0.717, 1.165) is 30.2 Å². The molecule has 3 aliphatic heterocycles. The first kappa shape index (κ1) is 33.6. The molecule has 3 saturated heterocycles. The summed E-state index contributed by atoms with van der Waals surface area (Å²) >= 11 is 0.865. The van der Waals surface area contributed by atoms with Gasteiger partial charge in [-0.1, -0.05) is 6.92 Å². The van der Waals surface area contributed by atoms with E-state index in [4.69, 9.17) is 10.5 Å². The van der Waals surface area contributed by atoms with Gasteiger partial charge in [-0.15, -0.1) is 11.3 Å². The standard InChI is InChI=1S/C33H32F7N7OS/c1-32(13-46(2)8-7-19(32)28(36)37)14-48-31-44-27-17(30(45-31)47-11-15-3-4-16(12-47)43-15)9-20(33(38,39)40)24(26(27)35)25-21(34)5-6-22-23(25)18(10-41)29(42)49-22/h5-6,9,15-16,19,28,43H,3-4,7-8,11-14,42H2,1-2H3/t15-,16+,19-,32+/m1/s1. The zero-order chi connectivity index (χ0) is 35.0. The second kappa shape index (κ2) is 12.1. The van der Waals surface area contributed by atoms with Crippen LogP contribution in [0.3, 0.4) is 0 Å². The number of alkyl halides is 5. The maximum absolute atomic E-state index is 17.0. The van der Waals surface area contributed by atoms with Crippen LogP contribution in [0, 0.1) is 34.3 Å². The number of aromatic nitrogens is 2. The molecule has 4 aromatic rings. The summed E-state index contributed by atoms with van der Waals surface area (Å²) in [6.45, 7) is 2.84. The first-order chi connectivity index (χ1) is 23.2. The van der Waals surface area contributed by atoms with Gasteiger partial charge in [0, 0.05) is 69.7 Å². The van der Waals surface area contributed by atoms with Crippen molar-refractivity contribution < 1.29 is 35.5 Å². The molecule has 3 N–H and O–H groups in total. The minimum atomic E-state index is -5.17. The van der Waals surface area contributed by atoms with E-state index in [2.05, 4.69) is 15.3 Å². The van der Waals surface area contributed by atoms with E-state index < -0.39 is 63.8 Å². The third kappa shape index (κ3) is 5.79. The molecule has 0 amide bonds. The van der Waals surface area contributed by atoms with Crippen LogP contribution in [-0.4, -0.2) is 73.2 Å². The lowest BCUT2D eigenvalue weighted by atomic mass is 9.73. The summed E-state index contributed by atoms with van der Waals surface area (Å²) in [6, 6.07) is 4.31. The Kier molecular flexibility index (Phi) is 8.31. The Bertz CT molecular complexity index is 1980. The van der Waals surface area contributed by atoms with Crippen LogP contribution in [-0.2, 0) is 6.18 Å². The van der Waals surface area contributed by atoms with E-state index in [-0.39, 0.29) is 63.5 Å². The second-order valence-corrected chi connectivity index (χ2v) is 14.6. The normalized spacial score (nSPS) is 24.7. The lowest BCUT2D eigenvalue weighted by molar-refractivity contribution is -0.137. The lowest BCUT2D eigenvalue weighted by Crippen LogP contribution is -2.51. The number of likely N-dealkylation sites (tertiary alicyclic amines) is 1. The Morgan fingerprint density at radius 2 is 1.86 bits per heavy atom. The Morgan fingerprint density at radius 3 is 2.51 bits per heavy atom. The first-order valence-electron chi connectivity index (χ1n) is 15.8. The number of piperazine rings is 1. The lowest BCUT2D eigenvalue weighted by Gasteiger charge is -2.44. The van der Waals surface area contributed by atoms with Gasteiger partial charge in [0.15, 0.2) is 5.82 Å². The number of rotatable bonds is 6. The van der Waals surface area contributed by atoms with Gasteiger partial charge < -0.3 is 25.6 Å². The third-order valence-electron chi connectivity index (χ3n) is 10.1. The van der Waals surface area contributed by atoms with Crippen LogP contribution in [0.1, 0.15) is 37.3 Å². The van der Waals surface area contributed by atoms with Gasteiger partial charge in [-0.3, -0.25) is 0 Å². The monoisotopic (exact) mass is 707 g/mol. The topological polar surface area (TPSA) is 103 Å². The number of anilines is 2. The van der Waals surface area contributed by atoms with Gasteiger partial charge in [0.2, 0.25) is 6.43 Å². The van der Waals surface area contributed by atoms with Crippen LogP contribution < -0.4 is 20.7 Å². The molecule has 0 aliphatic carbocycles. The van der Waals surface area contributed by atoms with E-state index in [1.807, 2.05) is 11.0 Å². The highest BCUT2D eigenvalue weighted by Gasteiger charge is 2.45. The molecule has 2 aromatic heterocycles. The molecule has 3 aliphatic rings. The summed E-state index contributed by atoms with van der Waals surface area (Å²) < 4.78 is 112. The quantitative estimate of drug-likeness (QED) is 0.211. The number of hydrogen-bond donors (Lipinski definition) is 2. The predicted molar refractivity (Wildman–Crippen MR) is 172 cm³/mol. The number of hydrogen-bond acceptors (Lipinski definition) is 9. The van der Waals surface area contributed by atoms with Crippen molar-refractivity contribution in [2.75, 3.05) is 50.5 Å². The minimum Gasteiger partial charge on any atom is -0.463 e. The Morgan fingerprint density at radius 1 is 1.14 bits per heavy atom. The van der Waals surface area contributed by atoms with E-state index in [9.17, 15) is 27.2 Å². The highest BCUT2D eigenvalue weighted by atomic mass is 32.1. The summed E-state index contributed by atoms with van der Waals surface area (Å²) in [5.74, 6) is -3.71. The number of nitriles is 1. The van der Waals surface area contributed by atoms with Crippen molar-refractivity contribution in [1.29, 1.82) is 5.26 Å². The number of piperidine rings is 1. The number of benzene rings is 2. The van der Waals surface area contributed by atoms with Crippen LogP contribution in [0.4, 0.5) is 41.6 Å². The number of fused-ring (bicyclic) bond motifs is 4. The fourth-order valence-corrected chi connectivity index (χ4v) is 8.74. The van der Waals surface area contributed by atoms with E-state index in [0.29, 0.717) is 25.7 Å². The van der Waals surface area contributed by atoms with E-state index >= 15 is 8.78 Å². The molecule has 260 valence electrons. The van der Waals surface area contributed by atoms with Crippen molar-refractivity contribution in [3.05, 3.63) is 41.0 Å². The Labute approximate surface area is 280 Å². The van der Waals surface area contributed by atoms with Crippen LogP contribution in [0.15, 0.2) is 18.2 Å². The summed E-state index contributed by atoms with van der Waals surface area (Å²) in [7, 11) is 1.80. The van der Waals surface area contributed by atoms with Crippen LogP contribution >= 0.6 is 11.3 Å². The Balaban J connectivity index is 1.45. The van der Waals surface area contributed by atoms with Crippen molar-refractivity contribution in [3.8, 4) is 23.2 Å². The average Bonchev–Trinajstić information content (AvgIpc) is 3.55. The number of thiophene rings is 1. The van der Waals surface area contributed by atoms with Gasteiger partial charge >= 0.3 is 12.2 Å². The molecule has 0 saturated carbocycles. The largest absolute Gasteiger partial charge is 0.463 e. The number of nitrogens with zero attached hydrogens (tertiary/aromatic N) is 5. The molecular weight excluding hydrogens is 675 g/mol. The van der Waals surface area contributed by atoms with Crippen molar-refractivity contribution in [1.82, 2.24) is 20.2 Å². The molecule has 0 unspecified atom stereocenters. The number of nitrogens with one attached hydrogen (secondary N) is 1. The van der Waals surface area contributed by atoms with Crippen LogP contribution in [0.25, 0.3) is 32.1 Å². The molecular formula is C33H32F7N7OS. The fourth-order valence-electron chi connectivity index (χ4n) is 7.81. The van der Waals surface area contributed by atoms with Crippen molar-refractivity contribution in [2.24, 2.45) is 11.3 Å².